The molecule has 0 aliphatic carbocycles. The van der Waals surface area contributed by atoms with Gasteiger partial charge in [-0.2, -0.15) is 0 Å². The van der Waals surface area contributed by atoms with Crippen LogP contribution in [-0.2, 0) is 9.53 Å². The number of halogens is 2. The summed E-state index contributed by atoms with van der Waals surface area (Å²) in [6.45, 7) is 3.65. The molecule has 0 aromatic carbocycles. The maximum Gasteiger partial charge on any atom is 0.302 e. The van der Waals surface area contributed by atoms with Crippen molar-refractivity contribution in [2.24, 2.45) is 0 Å². The number of carbonyl (C=O) groups is 1. The highest BCUT2D eigenvalue weighted by Crippen LogP contribution is 1.73. The molecule has 56 valence electrons. The first-order valence-electron chi connectivity index (χ1n) is 2.44. The van der Waals surface area contributed by atoms with Gasteiger partial charge in [-0.25, -0.2) is 0 Å². The van der Waals surface area contributed by atoms with Crippen molar-refractivity contribution in [3.8, 4) is 0 Å². The van der Waals surface area contributed by atoms with Crippen molar-refractivity contribution in [3.63, 3.8) is 0 Å². The Morgan fingerprint density at radius 2 is 1.89 bits per heavy atom. The number of hydrogen-bond acceptors (Lipinski definition) is 2. The Kier molecular flexibility index (Phi) is 14.3. The van der Waals surface area contributed by atoms with Crippen LogP contribution in [0.25, 0.3) is 0 Å². The standard InChI is InChI=1S/C4H8O2.CH2Cl2/c1-3-6-4(2)5;2-1-3/h3H2,1-2H3;1H2. The highest BCUT2D eigenvalue weighted by atomic mass is 35.5. The van der Waals surface area contributed by atoms with Gasteiger partial charge in [-0.15, -0.1) is 23.2 Å². The van der Waals surface area contributed by atoms with Crippen LogP contribution in [0, 0.1) is 0 Å². The molecule has 0 bridgehead atoms. The smallest absolute Gasteiger partial charge is 0.302 e. The first-order valence-corrected chi connectivity index (χ1v) is 3.51. The molecule has 0 spiro atoms. The Hall–Kier alpha value is 0.0500. The van der Waals surface area contributed by atoms with Crippen molar-refractivity contribution in [1.82, 2.24) is 0 Å². The van der Waals surface area contributed by atoms with Gasteiger partial charge in [0, 0.05) is 6.92 Å². The lowest BCUT2D eigenvalue weighted by Gasteiger charge is -1.89. The summed E-state index contributed by atoms with van der Waals surface area (Å²) in [6, 6.07) is 0. The molecule has 0 unspecified atom stereocenters. The van der Waals surface area contributed by atoms with Crippen LogP contribution in [0.5, 0.6) is 0 Å². The molecule has 0 aliphatic heterocycles. The number of alkyl halides is 2. The summed E-state index contributed by atoms with van der Waals surface area (Å²) in [6.07, 6.45) is 0. The SMILES string of the molecule is CCOC(C)=O.ClCCl. The van der Waals surface area contributed by atoms with Crippen LogP contribution in [0.2, 0.25) is 0 Å². The van der Waals surface area contributed by atoms with Crippen LogP contribution in [0.1, 0.15) is 13.8 Å². The van der Waals surface area contributed by atoms with Crippen molar-refractivity contribution < 1.29 is 9.53 Å². The number of carbonyl (C=O) groups excluding carboxylic acids is 1. The minimum absolute atomic E-state index is 0.194. The zero-order valence-corrected chi connectivity index (χ0v) is 7.00. The van der Waals surface area contributed by atoms with E-state index in [9.17, 15) is 4.79 Å². The number of ether oxygens (including phenoxy) is 1. The lowest BCUT2D eigenvalue weighted by atomic mass is 10.8. The van der Waals surface area contributed by atoms with Crippen LogP contribution in [0.3, 0.4) is 0 Å². The Morgan fingerprint density at radius 1 is 1.56 bits per heavy atom. The minimum atomic E-state index is -0.211. The van der Waals surface area contributed by atoms with Crippen LogP contribution < -0.4 is 0 Å². The van der Waals surface area contributed by atoms with Crippen molar-refractivity contribution >= 4 is 29.2 Å². The Labute approximate surface area is 65.1 Å². The molecule has 0 N–H and O–H groups in total. The van der Waals surface area contributed by atoms with E-state index in [0.717, 1.165) is 0 Å². The van der Waals surface area contributed by atoms with E-state index in [4.69, 9.17) is 23.2 Å². The highest BCUT2D eigenvalue weighted by Gasteiger charge is 1.81. The lowest BCUT2D eigenvalue weighted by Crippen LogP contribution is -1.95. The average molecular weight is 173 g/mol. The average Bonchev–Trinajstić information content (AvgIpc) is 1.67. The van der Waals surface area contributed by atoms with E-state index in [0.29, 0.717) is 6.61 Å². The second-order valence-corrected chi connectivity index (χ2v) is 1.83. The molecule has 0 aromatic heterocycles. The lowest BCUT2D eigenvalue weighted by molar-refractivity contribution is -0.140. The molecular weight excluding hydrogens is 163 g/mol. The third kappa shape index (κ3) is 31.7. The number of rotatable bonds is 1. The molecule has 0 aromatic rings. The van der Waals surface area contributed by atoms with E-state index in [1.165, 1.54) is 6.92 Å². The Morgan fingerprint density at radius 3 is 1.89 bits per heavy atom. The van der Waals surface area contributed by atoms with Crippen LogP contribution in [-0.4, -0.2) is 17.9 Å². The van der Waals surface area contributed by atoms with Gasteiger partial charge >= 0.3 is 5.97 Å². The van der Waals surface area contributed by atoms with Gasteiger partial charge in [0.05, 0.1) is 11.9 Å². The quantitative estimate of drug-likeness (QED) is 0.447. The first kappa shape index (κ1) is 11.8. The fraction of sp³-hybridized carbons (Fsp3) is 0.800. The molecule has 0 radical (unpaired) electrons. The van der Waals surface area contributed by atoms with E-state index < -0.39 is 0 Å². The third-order valence-electron chi connectivity index (χ3n) is 0.348. The topological polar surface area (TPSA) is 26.3 Å². The van der Waals surface area contributed by atoms with E-state index in [-0.39, 0.29) is 11.3 Å². The molecule has 0 amide bonds. The summed E-state index contributed by atoms with van der Waals surface area (Å²) in [5.41, 5.74) is 0. The minimum Gasteiger partial charge on any atom is -0.466 e. The van der Waals surface area contributed by atoms with E-state index in [1.807, 2.05) is 0 Å². The molecule has 4 heteroatoms. The molecule has 9 heavy (non-hydrogen) atoms. The normalized spacial score (nSPS) is 7.11. The summed E-state index contributed by atoms with van der Waals surface area (Å²) in [5.74, 6) is -0.211. The number of esters is 1. The molecule has 2 nitrogen and oxygen atoms in total. The van der Waals surface area contributed by atoms with E-state index in [1.54, 1.807) is 6.92 Å². The highest BCUT2D eigenvalue weighted by molar-refractivity contribution is 6.40. The van der Waals surface area contributed by atoms with Crippen molar-refractivity contribution in [2.75, 3.05) is 11.9 Å². The maximum atomic E-state index is 9.82. The summed E-state index contributed by atoms with van der Waals surface area (Å²) < 4.78 is 4.40. The Balaban J connectivity index is 0. The molecule has 0 saturated heterocycles. The van der Waals surface area contributed by atoms with Gasteiger partial charge in [-0.3, -0.25) is 4.79 Å². The van der Waals surface area contributed by atoms with Crippen molar-refractivity contribution in [3.05, 3.63) is 0 Å². The van der Waals surface area contributed by atoms with E-state index >= 15 is 0 Å². The first-order chi connectivity index (χ1) is 4.18. The van der Waals surface area contributed by atoms with Crippen LogP contribution in [0.15, 0.2) is 0 Å². The summed E-state index contributed by atoms with van der Waals surface area (Å²) >= 11 is 9.53. The molecule has 0 aliphatic rings. The summed E-state index contributed by atoms with van der Waals surface area (Å²) in [5, 5.41) is 0.194. The number of hydrogen-bond donors (Lipinski definition) is 0. The molecule has 0 atom stereocenters. The van der Waals surface area contributed by atoms with Gasteiger partial charge in [-0.05, 0) is 6.92 Å². The van der Waals surface area contributed by atoms with Crippen molar-refractivity contribution in [1.29, 1.82) is 0 Å². The van der Waals surface area contributed by atoms with Gasteiger partial charge in [-0.1, -0.05) is 0 Å². The largest absolute Gasteiger partial charge is 0.466 e. The van der Waals surface area contributed by atoms with Crippen LogP contribution in [0.4, 0.5) is 0 Å². The molecule has 0 saturated carbocycles. The second kappa shape index (κ2) is 10.9. The predicted molar refractivity (Wildman–Crippen MR) is 38.9 cm³/mol. The van der Waals surface area contributed by atoms with Gasteiger partial charge in [0.15, 0.2) is 0 Å². The van der Waals surface area contributed by atoms with Gasteiger partial charge in [0.1, 0.15) is 0 Å². The fourth-order valence-electron chi connectivity index (χ4n) is 0.203. The van der Waals surface area contributed by atoms with Gasteiger partial charge in [0.2, 0.25) is 0 Å². The zero-order chi connectivity index (χ0) is 7.70. The summed E-state index contributed by atoms with van der Waals surface area (Å²) in [7, 11) is 0. The monoisotopic (exact) mass is 172 g/mol. The zero-order valence-electron chi connectivity index (χ0n) is 5.49. The molecule has 0 fully saturated rings. The second-order valence-electron chi connectivity index (χ2n) is 1.03. The molecular formula is C5H10Cl2O2. The molecule has 0 rings (SSSR count). The maximum absolute atomic E-state index is 9.82. The van der Waals surface area contributed by atoms with Gasteiger partial charge < -0.3 is 4.74 Å². The fourth-order valence-corrected chi connectivity index (χ4v) is 0.203. The Bertz CT molecular complexity index is 66.0. The van der Waals surface area contributed by atoms with Crippen molar-refractivity contribution in [2.45, 2.75) is 13.8 Å². The van der Waals surface area contributed by atoms with Crippen LogP contribution >= 0.6 is 23.2 Å². The third-order valence-corrected chi connectivity index (χ3v) is 0.348. The molecule has 0 heterocycles. The summed E-state index contributed by atoms with van der Waals surface area (Å²) in [4.78, 5) is 9.82. The predicted octanol–water partition coefficient (Wildman–Crippen LogP) is 1.99. The van der Waals surface area contributed by atoms with Gasteiger partial charge in [0.25, 0.3) is 0 Å². The van der Waals surface area contributed by atoms with E-state index in [2.05, 4.69) is 4.74 Å².